The first kappa shape index (κ1) is 8.98. The van der Waals surface area contributed by atoms with E-state index in [2.05, 4.69) is 10.3 Å². The van der Waals surface area contributed by atoms with Gasteiger partial charge in [0.25, 0.3) is 5.69 Å². The van der Waals surface area contributed by atoms with Crippen molar-refractivity contribution in [3.05, 3.63) is 40.8 Å². The fraction of sp³-hybridized carbons (Fsp3) is 0. The summed E-state index contributed by atoms with van der Waals surface area (Å²) in [5.74, 6) is 0.507. The van der Waals surface area contributed by atoms with E-state index in [4.69, 9.17) is 5.73 Å². The van der Waals surface area contributed by atoms with Gasteiger partial charge in [0.2, 0.25) is 0 Å². The van der Waals surface area contributed by atoms with Gasteiger partial charge in [-0.05, 0) is 6.07 Å². The van der Waals surface area contributed by atoms with Crippen LogP contribution in [0.5, 0.6) is 0 Å². The quantitative estimate of drug-likeness (QED) is 0.530. The van der Waals surface area contributed by atoms with E-state index >= 15 is 0 Å². The molecule has 3 N–H and O–H groups in total. The second-order valence-corrected chi connectivity index (χ2v) is 2.16. The summed E-state index contributed by atoms with van der Waals surface area (Å²) in [5.41, 5.74) is 5.04. The number of nitrogens with one attached hydrogen (secondary N) is 1. The Bertz CT molecular complexity index is 320. The molecule has 13 heavy (non-hydrogen) atoms. The van der Waals surface area contributed by atoms with Crippen LogP contribution in [0.3, 0.4) is 0 Å². The average molecular weight is 180 g/mol. The first-order valence-electron chi connectivity index (χ1n) is 3.48. The Morgan fingerprint density at radius 1 is 1.62 bits per heavy atom. The lowest BCUT2D eigenvalue weighted by Crippen LogP contribution is -1.94. The molecule has 0 aliphatic heterocycles. The number of nitrogens with two attached hydrogens (primary N) is 1. The minimum Gasteiger partial charge on any atom is -0.403 e. The van der Waals surface area contributed by atoms with Crippen molar-refractivity contribution >= 4 is 11.5 Å². The second-order valence-electron chi connectivity index (χ2n) is 2.16. The number of hydrogen-bond acceptors (Lipinski definition) is 5. The smallest absolute Gasteiger partial charge is 0.287 e. The molecule has 6 nitrogen and oxygen atoms in total. The summed E-state index contributed by atoms with van der Waals surface area (Å²) in [7, 11) is 0. The van der Waals surface area contributed by atoms with Gasteiger partial charge in [-0.15, -0.1) is 0 Å². The first-order chi connectivity index (χ1) is 6.24. The van der Waals surface area contributed by atoms with Crippen molar-refractivity contribution in [1.29, 1.82) is 0 Å². The van der Waals surface area contributed by atoms with Gasteiger partial charge >= 0.3 is 0 Å². The molecule has 0 amide bonds. The van der Waals surface area contributed by atoms with Gasteiger partial charge in [0.15, 0.2) is 0 Å². The molecule has 1 rings (SSSR count). The van der Waals surface area contributed by atoms with E-state index in [0.29, 0.717) is 5.82 Å². The molecule has 1 aromatic heterocycles. The monoisotopic (exact) mass is 180 g/mol. The topological polar surface area (TPSA) is 94.1 Å². The number of aromatic nitrogens is 1. The number of anilines is 1. The molecule has 0 saturated carbocycles. The molecular formula is C7H8N4O2. The molecule has 0 saturated heterocycles. The molecule has 0 aromatic carbocycles. The molecule has 0 bridgehead atoms. The van der Waals surface area contributed by atoms with Crippen molar-refractivity contribution in [2.75, 3.05) is 5.32 Å². The highest BCUT2D eigenvalue weighted by molar-refractivity contribution is 5.41. The maximum atomic E-state index is 10.2. The molecule has 0 spiro atoms. The van der Waals surface area contributed by atoms with E-state index in [9.17, 15) is 10.1 Å². The van der Waals surface area contributed by atoms with Gasteiger partial charge in [0.05, 0.1) is 4.92 Å². The first-order valence-corrected chi connectivity index (χ1v) is 3.48. The number of nitrogens with zero attached hydrogens (tertiary/aromatic N) is 2. The number of nitro groups is 1. The summed E-state index contributed by atoms with van der Waals surface area (Å²) < 4.78 is 0. The van der Waals surface area contributed by atoms with Gasteiger partial charge in [-0.3, -0.25) is 10.1 Å². The van der Waals surface area contributed by atoms with E-state index in [1.54, 1.807) is 0 Å². The highest BCUT2D eigenvalue weighted by Crippen LogP contribution is 2.11. The lowest BCUT2D eigenvalue weighted by atomic mass is 10.4. The van der Waals surface area contributed by atoms with E-state index in [0.717, 1.165) is 0 Å². The second kappa shape index (κ2) is 4.05. The van der Waals surface area contributed by atoms with Crippen LogP contribution in [-0.4, -0.2) is 9.91 Å². The van der Waals surface area contributed by atoms with Crippen molar-refractivity contribution < 1.29 is 4.92 Å². The van der Waals surface area contributed by atoms with Crippen molar-refractivity contribution in [2.45, 2.75) is 0 Å². The number of rotatable bonds is 3. The zero-order chi connectivity index (χ0) is 9.68. The third-order valence-corrected chi connectivity index (χ3v) is 1.29. The summed E-state index contributed by atoms with van der Waals surface area (Å²) >= 11 is 0. The summed E-state index contributed by atoms with van der Waals surface area (Å²) in [6.45, 7) is 0. The van der Waals surface area contributed by atoms with Gasteiger partial charge in [-0.1, -0.05) is 0 Å². The minimum atomic E-state index is -0.504. The van der Waals surface area contributed by atoms with Crippen LogP contribution in [0.15, 0.2) is 30.7 Å². The lowest BCUT2D eigenvalue weighted by Gasteiger charge is -1.97. The zero-order valence-corrected chi connectivity index (χ0v) is 6.68. The Labute approximate surface area is 74.2 Å². The third-order valence-electron chi connectivity index (χ3n) is 1.29. The molecule has 6 heteroatoms. The summed E-state index contributed by atoms with van der Waals surface area (Å²) in [6.07, 6.45) is 3.96. The summed E-state index contributed by atoms with van der Waals surface area (Å²) in [6, 6.07) is 2.86. The molecule has 0 fully saturated rings. The van der Waals surface area contributed by atoms with Gasteiger partial charge in [0.1, 0.15) is 12.0 Å². The van der Waals surface area contributed by atoms with Crippen LogP contribution in [0, 0.1) is 10.1 Å². The molecule has 0 atom stereocenters. The normalized spacial score (nSPS) is 10.2. The average Bonchev–Trinajstić information content (AvgIpc) is 2.15. The molecular weight excluding hydrogens is 172 g/mol. The van der Waals surface area contributed by atoms with E-state index in [1.807, 2.05) is 0 Å². The van der Waals surface area contributed by atoms with Crippen molar-refractivity contribution in [3.8, 4) is 0 Å². The molecule has 0 aliphatic carbocycles. The summed E-state index contributed by atoms with van der Waals surface area (Å²) in [5, 5.41) is 13.0. The molecule has 68 valence electrons. The fourth-order valence-electron chi connectivity index (χ4n) is 0.713. The number of pyridine rings is 1. The maximum Gasteiger partial charge on any atom is 0.287 e. The molecule has 0 unspecified atom stereocenters. The van der Waals surface area contributed by atoms with Gasteiger partial charge in [-0.2, -0.15) is 0 Å². The Balaban J connectivity index is 2.75. The predicted molar refractivity (Wildman–Crippen MR) is 47.8 cm³/mol. The minimum absolute atomic E-state index is 0.0396. The van der Waals surface area contributed by atoms with Crippen LogP contribution in [0.2, 0.25) is 0 Å². The third kappa shape index (κ3) is 2.44. The van der Waals surface area contributed by atoms with Gasteiger partial charge in [0, 0.05) is 18.5 Å². The molecule has 1 aromatic rings. The van der Waals surface area contributed by atoms with Crippen molar-refractivity contribution in [3.63, 3.8) is 0 Å². The Kier molecular flexibility index (Phi) is 2.80. The lowest BCUT2D eigenvalue weighted by molar-refractivity contribution is -0.385. The van der Waals surface area contributed by atoms with E-state index in [-0.39, 0.29) is 5.69 Å². The van der Waals surface area contributed by atoms with Gasteiger partial charge < -0.3 is 11.1 Å². The zero-order valence-electron chi connectivity index (χ0n) is 6.68. The van der Waals surface area contributed by atoms with E-state index < -0.39 is 4.92 Å². The van der Waals surface area contributed by atoms with Crippen LogP contribution in [0.4, 0.5) is 11.5 Å². The number of hydrogen-bond donors (Lipinski definition) is 2. The fourth-order valence-corrected chi connectivity index (χ4v) is 0.713. The standard InChI is InChI=1S/C7H8N4O2/c8-3-4-9-7-2-1-6(5-10-7)11(12)13/h1-5H,8H2,(H,9,10)/b4-3+. The molecule has 0 aliphatic rings. The van der Waals surface area contributed by atoms with Crippen LogP contribution < -0.4 is 11.1 Å². The molecule has 0 radical (unpaired) electrons. The summed E-state index contributed by atoms with van der Waals surface area (Å²) in [4.78, 5) is 13.5. The Morgan fingerprint density at radius 3 is 2.85 bits per heavy atom. The Morgan fingerprint density at radius 2 is 2.38 bits per heavy atom. The van der Waals surface area contributed by atoms with E-state index in [1.165, 1.54) is 30.7 Å². The van der Waals surface area contributed by atoms with Crippen molar-refractivity contribution in [2.24, 2.45) is 5.73 Å². The maximum absolute atomic E-state index is 10.2. The van der Waals surface area contributed by atoms with Crippen LogP contribution in [-0.2, 0) is 0 Å². The molecule has 1 heterocycles. The van der Waals surface area contributed by atoms with Crippen LogP contribution in [0.25, 0.3) is 0 Å². The van der Waals surface area contributed by atoms with Crippen molar-refractivity contribution in [1.82, 2.24) is 4.98 Å². The SMILES string of the molecule is N/C=C/Nc1ccc([N+](=O)[O-])cn1. The van der Waals surface area contributed by atoms with Gasteiger partial charge in [-0.25, -0.2) is 4.98 Å². The van der Waals surface area contributed by atoms with Crippen LogP contribution >= 0.6 is 0 Å². The highest BCUT2D eigenvalue weighted by Gasteiger charge is 2.03. The predicted octanol–water partition coefficient (Wildman–Crippen LogP) is 0.832. The Hall–Kier alpha value is -2.11. The largest absolute Gasteiger partial charge is 0.403 e. The highest BCUT2D eigenvalue weighted by atomic mass is 16.6. The van der Waals surface area contributed by atoms with Crippen LogP contribution in [0.1, 0.15) is 0 Å².